The van der Waals surface area contributed by atoms with Crippen LogP contribution in [0.15, 0.2) is 12.1 Å². The third-order valence-corrected chi connectivity index (χ3v) is 1.47. The molecule has 1 aromatic carbocycles. The van der Waals surface area contributed by atoms with Crippen molar-refractivity contribution in [2.45, 2.75) is 13.3 Å². The SMILES string of the molecule is Cc1ccc(OC(F)(F)F)c(F)c1F. The Kier molecular flexibility index (Phi) is 2.64. The predicted molar refractivity (Wildman–Crippen MR) is 37.8 cm³/mol. The van der Waals surface area contributed by atoms with Crippen LogP contribution in [0.5, 0.6) is 5.75 Å². The minimum Gasteiger partial charge on any atom is -0.403 e. The van der Waals surface area contributed by atoms with Crippen molar-refractivity contribution < 1.29 is 26.7 Å². The van der Waals surface area contributed by atoms with Crippen LogP contribution in [0.25, 0.3) is 0 Å². The van der Waals surface area contributed by atoms with Crippen LogP contribution in [0.3, 0.4) is 0 Å². The van der Waals surface area contributed by atoms with Crippen molar-refractivity contribution in [1.82, 2.24) is 0 Å². The van der Waals surface area contributed by atoms with Gasteiger partial charge in [-0.3, -0.25) is 0 Å². The second-order valence-electron chi connectivity index (χ2n) is 2.56. The van der Waals surface area contributed by atoms with Crippen LogP contribution in [-0.4, -0.2) is 6.36 Å². The number of halogens is 5. The highest BCUT2D eigenvalue weighted by Crippen LogP contribution is 2.27. The summed E-state index contributed by atoms with van der Waals surface area (Å²) < 4.78 is 63.7. The van der Waals surface area contributed by atoms with Crippen molar-refractivity contribution in [1.29, 1.82) is 0 Å². The molecule has 0 saturated carbocycles. The minimum atomic E-state index is -5.03. The van der Waals surface area contributed by atoms with E-state index in [2.05, 4.69) is 4.74 Å². The molecule has 1 nitrogen and oxygen atoms in total. The molecular formula is C8H5F5O. The van der Waals surface area contributed by atoms with E-state index in [9.17, 15) is 22.0 Å². The molecule has 0 N–H and O–H groups in total. The van der Waals surface area contributed by atoms with Crippen LogP contribution in [0.2, 0.25) is 0 Å². The molecule has 0 unspecified atom stereocenters. The third-order valence-electron chi connectivity index (χ3n) is 1.47. The Balaban J connectivity index is 3.06. The van der Waals surface area contributed by atoms with Crippen molar-refractivity contribution >= 4 is 0 Å². The topological polar surface area (TPSA) is 9.23 Å². The van der Waals surface area contributed by atoms with Gasteiger partial charge in [-0.15, -0.1) is 13.2 Å². The highest BCUT2D eigenvalue weighted by Gasteiger charge is 2.33. The molecule has 14 heavy (non-hydrogen) atoms. The number of alkyl halides is 3. The molecule has 1 aromatic rings. The first-order valence-electron chi connectivity index (χ1n) is 3.51. The number of benzene rings is 1. The van der Waals surface area contributed by atoms with E-state index in [1.807, 2.05) is 0 Å². The smallest absolute Gasteiger partial charge is 0.403 e. The molecule has 1 rings (SSSR count). The number of aryl methyl sites for hydroxylation is 1. The maximum atomic E-state index is 12.8. The summed E-state index contributed by atoms with van der Waals surface area (Å²) in [6, 6.07) is 1.72. The maximum absolute atomic E-state index is 12.8. The number of rotatable bonds is 1. The molecule has 0 spiro atoms. The van der Waals surface area contributed by atoms with Gasteiger partial charge in [0.05, 0.1) is 0 Å². The fourth-order valence-electron chi connectivity index (χ4n) is 0.832. The minimum absolute atomic E-state index is 0.0861. The average molecular weight is 212 g/mol. The van der Waals surface area contributed by atoms with E-state index < -0.39 is 23.7 Å². The van der Waals surface area contributed by atoms with E-state index in [0.717, 1.165) is 12.1 Å². The van der Waals surface area contributed by atoms with Crippen LogP contribution >= 0.6 is 0 Å². The Hall–Kier alpha value is -1.33. The quantitative estimate of drug-likeness (QED) is 0.649. The van der Waals surface area contributed by atoms with Gasteiger partial charge in [-0.2, -0.15) is 4.39 Å². The van der Waals surface area contributed by atoms with Crippen molar-refractivity contribution in [3.05, 3.63) is 29.3 Å². The van der Waals surface area contributed by atoms with Gasteiger partial charge in [0.1, 0.15) is 0 Å². The second-order valence-corrected chi connectivity index (χ2v) is 2.56. The van der Waals surface area contributed by atoms with Gasteiger partial charge < -0.3 is 4.74 Å². The molecule has 0 saturated heterocycles. The highest BCUT2D eigenvalue weighted by atomic mass is 19.4. The molecule has 0 fully saturated rings. The summed E-state index contributed by atoms with van der Waals surface area (Å²) in [5, 5.41) is 0. The van der Waals surface area contributed by atoms with Crippen LogP contribution in [-0.2, 0) is 0 Å². The monoisotopic (exact) mass is 212 g/mol. The summed E-state index contributed by atoms with van der Waals surface area (Å²) >= 11 is 0. The zero-order chi connectivity index (χ0) is 10.9. The molecule has 0 radical (unpaired) electrons. The highest BCUT2D eigenvalue weighted by molar-refractivity contribution is 5.30. The molecule has 0 amide bonds. The van der Waals surface area contributed by atoms with Crippen LogP contribution in [0, 0.1) is 18.6 Å². The fourth-order valence-corrected chi connectivity index (χ4v) is 0.832. The zero-order valence-corrected chi connectivity index (χ0v) is 6.95. The molecule has 0 aliphatic rings. The van der Waals surface area contributed by atoms with Crippen LogP contribution in [0.4, 0.5) is 22.0 Å². The van der Waals surface area contributed by atoms with Gasteiger partial charge >= 0.3 is 6.36 Å². The Bertz CT molecular complexity index is 344. The first-order chi connectivity index (χ1) is 6.31. The van der Waals surface area contributed by atoms with Crippen LogP contribution < -0.4 is 4.74 Å². The molecule has 0 heterocycles. The first kappa shape index (κ1) is 10.7. The van der Waals surface area contributed by atoms with Crippen LogP contribution in [0.1, 0.15) is 5.56 Å². The van der Waals surface area contributed by atoms with E-state index in [-0.39, 0.29) is 5.56 Å². The Morgan fingerprint density at radius 1 is 1.07 bits per heavy atom. The molecule has 0 aliphatic heterocycles. The molecule has 0 bridgehead atoms. The number of hydrogen-bond acceptors (Lipinski definition) is 1. The average Bonchev–Trinajstić information content (AvgIpc) is 2.04. The lowest BCUT2D eigenvalue weighted by Crippen LogP contribution is -2.18. The molecule has 78 valence electrons. The Labute approximate surface area is 76.1 Å². The van der Waals surface area contributed by atoms with Gasteiger partial charge in [-0.05, 0) is 18.6 Å². The van der Waals surface area contributed by atoms with Crippen molar-refractivity contribution in [3.63, 3.8) is 0 Å². The van der Waals surface area contributed by atoms with Crippen molar-refractivity contribution in [2.24, 2.45) is 0 Å². The standard InChI is InChI=1S/C8H5F5O/c1-4-2-3-5(7(10)6(4)9)14-8(11,12)13/h2-3H,1H3. The lowest BCUT2D eigenvalue weighted by molar-refractivity contribution is -0.275. The summed E-state index contributed by atoms with van der Waals surface area (Å²) in [4.78, 5) is 0. The van der Waals surface area contributed by atoms with Crippen molar-refractivity contribution in [3.8, 4) is 5.75 Å². The van der Waals surface area contributed by atoms with Gasteiger partial charge in [-0.25, -0.2) is 4.39 Å². The van der Waals surface area contributed by atoms with Gasteiger partial charge in [-0.1, -0.05) is 6.07 Å². The molecule has 0 atom stereocenters. The van der Waals surface area contributed by atoms with Crippen molar-refractivity contribution in [2.75, 3.05) is 0 Å². The van der Waals surface area contributed by atoms with E-state index in [4.69, 9.17) is 0 Å². The summed E-state index contributed by atoms with van der Waals surface area (Å²) in [5.74, 6) is -4.14. The zero-order valence-electron chi connectivity index (χ0n) is 6.95. The summed E-state index contributed by atoms with van der Waals surface area (Å²) in [6.45, 7) is 1.23. The third kappa shape index (κ3) is 2.34. The lowest BCUT2D eigenvalue weighted by Gasteiger charge is -2.10. The Morgan fingerprint density at radius 2 is 1.64 bits per heavy atom. The summed E-state index contributed by atoms with van der Waals surface area (Å²) in [7, 11) is 0. The van der Waals surface area contributed by atoms with Gasteiger partial charge in [0.15, 0.2) is 11.6 Å². The fraction of sp³-hybridized carbons (Fsp3) is 0.250. The molecule has 6 heteroatoms. The summed E-state index contributed by atoms with van der Waals surface area (Å²) in [5.41, 5.74) is -0.0861. The van der Waals surface area contributed by atoms with E-state index in [0.29, 0.717) is 0 Å². The van der Waals surface area contributed by atoms with E-state index in [1.165, 1.54) is 6.92 Å². The maximum Gasteiger partial charge on any atom is 0.573 e. The molecule has 0 aromatic heterocycles. The first-order valence-corrected chi connectivity index (χ1v) is 3.51. The molecular weight excluding hydrogens is 207 g/mol. The predicted octanol–water partition coefficient (Wildman–Crippen LogP) is 3.17. The summed E-state index contributed by atoms with van der Waals surface area (Å²) in [6.07, 6.45) is -5.03. The number of ether oxygens (including phenoxy) is 1. The molecule has 0 aliphatic carbocycles. The van der Waals surface area contributed by atoms with E-state index in [1.54, 1.807) is 0 Å². The Morgan fingerprint density at radius 3 is 2.14 bits per heavy atom. The van der Waals surface area contributed by atoms with Gasteiger partial charge in [0, 0.05) is 0 Å². The normalized spacial score (nSPS) is 11.6. The lowest BCUT2D eigenvalue weighted by atomic mass is 10.2. The van der Waals surface area contributed by atoms with Gasteiger partial charge in [0.25, 0.3) is 0 Å². The second kappa shape index (κ2) is 3.43. The van der Waals surface area contributed by atoms with Gasteiger partial charge in [0.2, 0.25) is 5.82 Å². The number of hydrogen-bond donors (Lipinski definition) is 0. The van der Waals surface area contributed by atoms with E-state index >= 15 is 0 Å². The largest absolute Gasteiger partial charge is 0.573 e.